The van der Waals surface area contributed by atoms with Crippen molar-refractivity contribution >= 4 is 40.5 Å². The fourth-order valence-electron chi connectivity index (χ4n) is 4.41. The van der Waals surface area contributed by atoms with Gasteiger partial charge in [0.05, 0.1) is 17.0 Å². The SMILES string of the molecule is CN1C(=O)[C@]2(CC(=O)Nc3c2sc(C(=O)O)c3-c2ccccc2)c2ccccc21. The van der Waals surface area contributed by atoms with Crippen molar-refractivity contribution in [1.29, 1.82) is 0 Å². The minimum absolute atomic E-state index is 0.0476. The quantitative estimate of drug-likeness (QED) is 0.682. The molecule has 1 atom stereocenters. The Morgan fingerprint density at radius 1 is 1.10 bits per heavy atom. The maximum Gasteiger partial charge on any atom is 0.346 e. The zero-order chi connectivity index (χ0) is 20.3. The summed E-state index contributed by atoms with van der Waals surface area (Å²) < 4.78 is 0. The van der Waals surface area contributed by atoms with E-state index in [2.05, 4.69) is 5.32 Å². The van der Waals surface area contributed by atoms with Crippen molar-refractivity contribution in [3.63, 3.8) is 0 Å². The van der Waals surface area contributed by atoms with Crippen LogP contribution in [-0.4, -0.2) is 29.9 Å². The highest BCUT2D eigenvalue weighted by Gasteiger charge is 2.57. The van der Waals surface area contributed by atoms with Crippen molar-refractivity contribution in [2.45, 2.75) is 11.8 Å². The molecule has 0 saturated heterocycles. The lowest BCUT2D eigenvalue weighted by Crippen LogP contribution is -2.45. The number of fused-ring (bicyclic) bond motifs is 4. The van der Waals surface area contributed by atoms with Crippen molar-refractivity contribution in [1.82, 2.24) is 0 Å². The molecule has 0 fully saturated rings. The molecule has 2 aliphatic heterocycles. The standard InChI is InChI=1S/C22H16N2O4S/c1-24-14-10-6-5-9-13(14)22(21(24)28)11-15(25)23-17-16(12-7-3-2-4-8-12)18(20(26)27)29-19(17)22/h2-10H,11H2,1H3,(H,23,25)(H,26,27)/t22-/m1/s1. The number of rotatable bonds is 2. The third-order valence-corrected chi connectivity index (χ3v) is 6.98. The van der Waals surface area contributed by atoms with Crippen molar-refractivity contribution < 1.29 is 19.5 Å². The molecule has 3 heterocycles. The molecule has 29 heavy (non-hydrogen) atoms. The van der Waals surface area contributed by atoms with Crippen LogP contribution in [0.4, 0.5) is 11.4 Å². The minimum atomic E-state index is -1.20. The van der Waals surface area contributed by atoms with Gasteiger partial charge in [0.2, 0.25) is 11.8 Å². The molecule has 0 aliphatic carbocycles. The summed E-state index contributed by atoms with van der Waals surface area (Å²) in [5.74, 6) is -1.60. The number of nitrogens with one attached hydrogen (secondary N) is 1. The van der Waals surface area contributed by atoms with E-state index in [1.807, 2.05) is 42.5 Å². The van der Waals surface area contributed by atoms with E-state index in [0.717, 1.165) is 22.6 Å². The molecular formula is C22H16N2O4S. The maximum absolute atomic E-state index is 13.5. The monoisotopic (exact) mass is 404 g/mol. The molecular weight excluding hydrogens is 388 g/mol. The molecule has 1 spiro atoms. The van der Waals surface area contributed by atoms with Gasteiger partial charge < -0.3 is 15.3 Å². The Morgan fingerprint density at radius 3 is 2.52 bits per heavy atom. The van der Waals surface area contributed by atoms with E-state index in [1.165, 1.54) is 0 Å². The molecule has 0 saturated carbocycles. The van der Waals surface area contributed by atoms with Crippen LogP contribution in [0.1, 0.15) is 26.5 Å². The highest BCUT2D eigenvalue weighted by Crippen LogP contribution is 2.57. The number of anilines is 2. The summed E-state index contributed by atoms with van der Waals surface area (Å²) in [4.78, 5) is 40.6. The summed E-state index contributed by atoms with van der Waals surface area (Å²) in [5, 5.41) is 12.7. The van der Waals surface area contributed by atoms with Crippen LogP contribution in [0.3, 0.4) is 0 Å². The molecule has 0 bridgehead atoms. The van der Waals surface area contributed by atoms with Crippen LogP contribution in [0.15, 0.2) is 54.6 Å². The Balaban J connectivity index is 1.87. The van der Waals surface area contributed by atoms with Crippen LogP contribution in [0.25, 0.3) is 11.1 Å². The van der Waals surface area contributed by atoms with E-state index in [4.69, 9.17) is 0 Å². The Hall–Kier alpha value is -3.45. The number of carboxylic acids is 1. The van der Waals surface area contributed by atoms with Gasteiger partial charge in [-0.2, -0.15) is 0 Å². The van der Waals surface area contributed by atoms with Crippen LogP contribution in [-0.2, 0) is 15.0 Å². The van der Waals surface area contributed by atoms with Crippen molar-refractivity contribution in [2.24, 2.45) is 0 Å². The molecule has 0 radical (unpaired) electrons. The second-order valence-corrected chi connectivity index (χ2v) is 8.21. The molecule has 1 aromatic heterocycles. The number of likely N-dealkylation sites (N-methyl/N-ethyl adjacent to an activating group) is 1. The normalized spacial score (nSPS) is 19.8. The van der Waals surface area contributed by atoms with Crippen LogP contribution in [0.2, 0.25) is 0 Å². The van der Waals surface area contributed by atoms with E-state index in [9.17, 15) is 19.5 Å². The van der Waals surface area contributed by atoms with E-state index in [-0.39, 0.29) is 23.1 Å². The fraction of sp³-hybridized carbons (Fsp3) is 0.136. The first kappa shape index (κ1) is 17.6. The zero-order valence-electron chi connectivity index (χ0n) is 15.4. The minimum Gasteiger partial charge on any atom is -0.477 e. The van der Waals surface area contributed by atoms with Crippen molar-refractivity contribution in [2.75, 3.05) is 17.3 Å². The molecule has 2 aromatic carbocycles. The number of carboxylic acid groups (broad SMARTS) is 1. The van der Waals surface area contributed by atoms with Crippen LogP contribution >= 0.6 is 11.3 Å². The highest BCUT2D eigenvalue weighted by atomic mass is 32.1. The number of amides is 2. The van der Waals surface area contributed by atoms with Gasteiger partial charge in [-0.3, -0.25) is 9.59 Å². The molecule has 0 unspecified atom stereocenters. The predicted molar refractivity (Wildman–Crippen MR) is 111 cm³/mol. The molecule has 2 N–H and O–H groups in total. The van der Waals surface area contributed by atoms with Crippen LogP contribution in [0, 0.1) is 0 Å². The number of hydrogen-bond acceptors (Lipinski definition) is 4. The Kier molecular flexibility index (Phi) is 3.66. The number of aromatic carboxylic acids is 1. The summed E-state index contributed by atoms with van der Waals surface area (Å²) in [7, 11) is 1.69. The summed E-state index contributed by atoms with van der Waals surface area (Å²) in [5.41, 5.74) is 1.84. The zero-order valence-corrected chi connectivity index (χ0v) is 16.2. The first-order chi connectivity index (χ1) is 13.9. The summed E-state index contributed by atoms with van der Waals surface area (Å²) >= 11 is 1.07. The van der Waals surface area contributed by atoms with E-state index in [0.29, 0.717) is 21.7 Å². The largest absolute Gasteiger partial charge is 0.477 e. The number of hydrogen-bond donors (Lipinski definition) is 2. The number of carbonyl (C=O) groups excluding carboxylic acids is 2. The molecule has 2 amide bonds. The van der Waals surface area contributed by atoms with E-state index < -0.39 is 11.4 Å². The molecule has 3 aromatic rings. The fourth-order valence-corrected chi connectivity index (χ4v) is 5.73. The van der Waals surface area contributed by atoms with Crippen LogP contribution in [0.5, 0.6) is 0 Å². The van der Waals surface area contributed by atoms with E-state index in [1.54, 1.807) is 24.1 Å². The average molecular weight is 404 g/mol. The van der Waals surface area contributed by atoms with Gasteiger partial charge in [0.25, 0.3) is 0 Å². The number of carbonyl (C=O) groups is 3. The van der Waals surface area contributed by atoms with E-state index >= 15 is 0 Å². The van der Waals surface area contributed by atoms with Gasteiger partial charge in [0.1, 0.15) is 10.3 Å². The van der Waals surface area contributed by atoms with Crippen LogP contribution < -0.4 is 10.2 Å². The summed E-state index contributed by atoms with van der Waals surface area (Å²) in [6.07, 6.45) is -0.0476. The lowest BCUT2D eigenvalue weighted by Gasteiger charge is -2.32. The van der Waals surface area contributed by atoms with Gasteiger partial charge in [-0.05, 0) is 17.2 Å². The first-order valence-corrected chi connectivity index (χ1v) is 9.90. The third kappa shape index (κ3) is 2.25. The third-order valence-electron chi connectivity index (χ3n) is 5.64. The smallest absolute Gasteiger partial charge is 0.346 e. The lowest BCUT2D eigenvalue weighted by molar-refractivity contribution is -0.126. The maximum atomic E-state index is 13.5. The van der Waals surface area contributed by atoms with Gasteiger partial charge in [-0.15, -0.1) is 11.3 Å². The molecule has 144 valence electrons. The van der Waals surface area contributed by atoms with Gasteiger partial charge in [0, 0.05) is 18.3 Å². The summed E-state index contributed by atoms with van der Waals surface area (Å²) in [6, 6.07) is 16.5. The van der Waals surface area contributed by atoms with Crippen molar-refractivity contribution in [3.8, 4) is 11.1 Å². The Labute approximate surface area is 170 Å². The number of benzene rings is 2. The highest BCUT2D eigenvalue weighted by molar-refractivity contribution is 7.15. The Morgan fingerprint density at radius 2 is 1.79 bits per heavy atom. The lowest BCUT2D eigenvalue weighted by atomic mass is 9.74. The van der Waals surface area contributed by atoms with Gasteiger partial charge in [-0.25, -0.2) is 4.79 Å². The second-order valence-electron chi connectivity index (χ2n) is 7.19. The topological polar surface area (TPSA) is 86.7 Å². The molecule has 2 aliphatic rings. The predicted octanol–water partition coefficient (Wildman–Crippen LogP) is 3.72. The second kappa shape index (κ2) is 6.02. The Bertz CT molecular complexity index is 1200. The van der Waals surface area contributed by atoms with Gasteiger partial charge in [0.15, 0.2) is 0 Å². The van der Waals surface area contributed by atoms with Crippen molar-refractivity contribution in [3.05, 3.63) is 69.9 Å². The summed E-state index contributed by atoms with van der Waals surface area (Å²) in [6.45, 7) is 0. The van der Waals surface area contributed by atoms with Gasteiger partial charge >= 0.3 is 5.97 Å². The number of nitrogens with zero attached hydrogens (tertiary/aromatic N) is 1. The number of thiophene rings is 1. The first-order valence-electron chi connectivity index (χ1n) is 9.08. The molecule has 7 heteroatoms. The molecule has 6 nitrogen and oxygen atoms in total. The molecule has 5 rings (SSSR count). The number of para-hydroxylation sites is 1. The van der Waals surface area contributed by atoms with Gasteiger partial charge in [-0.1, -0.05) is 48.5 Å². The average Bonchev–Trinajstić information content (AvgIpc) is 3.20.